The van der Waals surface area contributed by atoms with Crippen LogP contribution >= 0.6 is 0 Å². The molecular formula is C29H32N2O7. The van der Waals surface area contributed by atoms with Gasteiger partial charge in [0, 0.05) is 36.7 Å². The number of hydrogen-bond donors (Lipinski definition) is 2. The summed E-state index contributed by atoms with van der Waals surface area (Å²) in [7, 11) is 0. The number of non-ortho nitro benzene ring substituents is 1. The molecule has 38 heavy (non-hydrogen) atoms. The Hall–Kier alpha value is -4.24. The number of nitro benzene ring substituents is 1. The fourth-order valence-corrected chi connectivity index (χ4v) is 4.71. The summed E-state index contributed by atoms with van der Waals surface area (Å²) in [5.41, 5.74) is -0.0158. The summed E-state index contributed by atoms with van der Waals surface area (Å²) in [6.07, 6.45) is 3.37. The average Bonchev–Trinajstić information content (AvgIpc) is 2.90. The maximum absolute atomic E-state index is 13.4. The molecule has 9 heteroatoms. The van der Waals surface area contributed by atoms with Crippen LogP contribution in [0.5, 0.6) is 0 Å². The van der Waals surface area contributed by atoms with Crippen LogP contribution in [-0.4, -0.2) is 47.3 Å². The topological polar surface area (TPSA) is 128 Å². The smallest absolute Gasteiger partial charge is 0.336 e. The first kappa shape index (κ1) is 28.3. The molecule has 2 N–H and O–H groups in total. The molecule has 3 atom stereocenters. The third-order valence-electron chi connectivity index (χ3n) is 6.36. The maximum atomic E-state index is 13.4. The van der Waals surface area contributed by atoms with Gasteiger partial charge in [0.2, 0.25) is 0 Å². The summed E-state index contributed by atoms with van der Waals surface area (Å²) in [4.78, 5) is 37.7. The number of nitrogens with zero attached hydrogens (tertiary/aromatic N) is 1. The lowest BCUT2D eigenvalue weighted by Crippen LogP contribution is -2.50. The molecule has 1 aliphatic rings. The van der Waals surface area contributed by atoms with E-state index in [1.54, 1.807) is 6.07 Å². The van der Waals surface area contributed by atoms with Crippen LogP contribution in [0.2, 0.25) is 0 Å². The number of benzene rings is 2. The number of carbonyl (C=O) groups excluding carboxylic acids is 2. The van der Waals surface area contributed by atoms with Crippen molar-refractivity contribution in [1.29, 1.82) is 0 Å². The molecular weight excluding hydrogens is 488 g/mol. The van der Waals surface area contributed by atoms with E-state index in [4.69, 9.17) is 9.47 Å². The van der Waals surface area contributed by atoms with Crippen LogP contribution in [0.15, 0.2) is 91.2 Å². The minimum Gasteiger partial charge on any atom is -0.461 e. The molecule has 0 amide bonds. The van der Waals surface area contributed by atoms with Crippen LogP contribution in [0.25, 0.3) is 0 Å². The van der Waals surface area contributed by atoms with E-state index in [0.29, 0.717) is 24.2 Å². The maximum Gasteiger partial charge on any atom is 0.336 e. The fourth-order valence-electron chi connectivity index (χ4n) is 4.71. The Kier molecular flexibility index (Phi) is 9.56. The van der Waals surface area contributed by atoms with E-state index < -0.39 is 34.3 Å². The van der Waals surface area contributed by atoms with Gasteiger partial charge in [-0.25, -0.2) is 4.79 Å². The Morgan fingerprint density at radius 2 is 1.82 bits per heavy atom. The number of hydrogen-bond acceptors (Lipinski definition) is 8. The number of nitro groups is 1. The molecule has 9 nitrogen and oxygen atoms in total. The van der Waals surface area contributed by atoms with Gasteiger partial charge >= 0.3 is 11.9 Å². The van der Waals surface area contributed by atoms with Gasteiger partial charge in [0.05, 0.1) is 22.0 Å². The van der Waals surface area contributed by atoms with Gasteiger partial charge < -0.3 is 19.9 Å². The summed E-state index contributed by atoms with van der Waals surface area (Å²) >= 11 is 0. The Labute approximate surface area is 221 Å². The Morgan fingerprint density at radius 3 is 2.47 bits per heavy atom. The molecule has 2 aromatic carbocycles. The van der Waals surface area contributed by atoms with Crippen LogP contribution in [-0.2, 0) is 25.5 Å². The van der Waals surface area contributed by atoms with E-state index in [-0.39, 0.29) is 30.9 Å². The predicted octanol–water partition coefficient (Wildman–Crippen LogP) is 3.99. The highest BCUT2D eigenvalue weighted by Gasteiger charge is 2.52. The first-order chi connectivity index (χ1) is 18.2. The Balaban J connectivity index is 2.15. The van der Waals surface area contributed by atoms with E-state index in [9.17, 15) is 24.8 Å². The second kappa shape index (κ2) is 12.8. The molecule has 3 rings (SSSR count). The fraction of sp³-hybridized carbons (Fsp3) is 0.310. The van der Waals surface area contributed by atoms with Gasteiger partial charge in [0.25, 0.3) is 5.69 Å². The largest absolute Gasteiger partial charge is 0.461 e. The molecule has 0 heterocycles. The number of nitrogens with one attached hydrogen (secondary N) is 1. The van der Waals surface area contributed by atoms with E-state index >= 15 is 0 Å². The monoisotopic (exact) mass is 520 g/mol. The van der Waals surface area contributed by atoms with Crippen molar-refractivity contribution in [3.63, 3.8) is 0 Å². The van der Waals surface area contributed by atoms with Crippen molar-refractivity contribution < 1.29 is 29.1 Å². The van der Waals surface area contributed by atoms with Crippen molar-refractivity contribution in [3.8, 4) is 0 Å². The zero-order valence-corrected chi connectivity index (χ0v) is 21.3. The van der Waals surface area contributed by atoms with E-state index in [0.717, 1.165) is 5.56 Å². The Bertz CT molecular complexity index is 1220. The normalized spacial score (nSPS) is 20.8. The van der Waals surface area contributed by atoms with Gasteiger partial charge in [-0.15, -0.1) is 0 Å². The highest BCUT2D eigenvalue weighted by molar-refractivity contribution is 5.94. The summed E-state index contributed by atoms with van der Waals surface area (Å²) in [5, 5.41) is 26.4. The van der Waals surface area contributed by atoms with Crippen LogP contribution in [0.1, 0.15) is 30.4 Å². The van der Waals surface area contributed by atoms with Gasteiger partial charge in [-0.3, -0.25) is 14.9 Å². The lowest BCUT2D eigenvalue weighted by molar-refractivity contribution is -0.384. The standard InChI is InChI=1S/C29H32N2O7/c1-4-16-37-27(32)25-23(30-15-14-20-10-7-6-8-11-20)19-29(3,34)26(28(33)38-17-5-2)24(25)21-12-9-13-22(18-21)31(35)36/h4-13,18,24,26,30,34H,1-2,14-17,19H2,3H3. The second-order valence-electron chi connectivity index (χ2n) is 9.20. The van der Waals surface area contributed by atoms with Gasteiger partial charge in [-0.1, -0.05) is 67.8 Å². The SMILES string of the molecule is C=CCOC(=O)C1=C(NCCc2ccccc2)CC(C)(O)C(C(=O)OCC=C)C1c1cccc([N+](=O)[O-])c1. The lowest BCUT2D eigenvalue weighted by atomic mass is 9.65. The van der Waals surface area contributed by atoms with Crippen molar-refractivity contribution in [2.75, 3.05) is 19.8 Å². The predicted molar refractivity (Wildman–Crippen MR) is 142 cm³/mol. The Morgan fingerprint density at radius 1 is 1.13 bits per heavy atom. The van der Waals surface area contributed by atoms with Crippen molar-refractivity contribution in [1.82, 2.24) is 5.32 Å². The summed E-state index contributed by atoms with van der Waals surface area (Å²) in [6.45, 7) is 8.87. The molecule has 0 aliphatic heterocycles. The van der Waals surface area contributed by atoms with Crippen LogP contribution in [0, 0.1) is 16.0 Å². The molecule has 1 aliphatic carbocycles. The summed E-state index contributed by atoms with van der Waals surface area (Å²) < 4.78 is 10.7. The molecule has 0 spiro atoms. The summed E-state index contributed by atoms with van der Waals surface area (Å²) in [6, 6.07) is 15.4. The molecule has 0 saturated heterocycles. The van der Waals surface area contributed by atoms with Gasteiger partial charge in [-0.05, 0) is 24.5 Å². The molecule has 0 radical (unpaired) electrons. The quantitative estimate of drug-likeness (QED) is 0.186. The van der Waals surface area contributed by atoms with Gasteiger partial charge in [0.1, 0.15) is 13.2 Å². The van der Waals surface area contributed by atoms with E-state index in [2.05, 4.69) is 18.5 Å². The number of aliphatic hydroxyl groups is 1. The highest BCUT2D eigenvalue weighted by Crippen LogP contribution is 2.47. The van der Waals surface area contributed by atoms with Crippen molar-refractivity contribution in [3.05, 3.63) is 112 Å². The zero-order chi connectivity index (χ0) is 27.7. The van der Waals surface area contributed by atoms with Crippen LogP contribution in [0.4, 0.5) is 5.69 Å². The molecule has 3 unspecified atom stereocenters. The zero-order valence-electron chi connectivity index (χ0n) is 21.3. The molecule has 0 saturated carbocycles. The van der Waals surface area contributed by atoms with E-state index in [1.165, 1.54) is 37.3 Å². The molecule has 0 aromatic heterocycles. The first-order valence-electron chi connectivity index (χ1n) is 12.2. The molecule has 200 valence electrons. The van der Waals surface area contributed by atoms with Gasteiger partial charge in [-0.2, -0.15) is 0 Å². The third kappa shape index (κ3) is 6.74. The lowest BCUT2D eigenvalue weighted by Gasteiger charge is -2.43. The van der Waals surface area contributed by atoms with Crippen LogP contribution < -0.4 is 5.32 Å². The minimum absolute atomic E-state index is 0.0698. The van der Waals surface area contributed by atoms with Gasteiger partial charge in [0.15, 0.2) is 0 Å². The number of carbonyl (C=O) groups is 2. The molecule has 2 aromatic rings. The van der Waals surface area contributed by atoms with Crippen LogP contribution in [0.3, 0.4) is 0 Å². The number of rotatable bonds is 12. The number of ether oxygens (including phenoxy) is 2. The highest BCUT2D eigenvalue weighted by atomic mass is 16.6. The average molecular weight is 521 g/mol. The third-order valence-corrected chi connectivity index (χ3v) is 6.36. The second-order valence-corrected chi connectivity index (χ2v) is 9.20. The number of esters is 2. The molecule has 0 fully saturated rings. The van der Waals surface area contributed by atoms with E-state index in [1.807, 2.05) is 30.3 Å². The van der Waals surface area contributed by atoms with Crippen molar-refractivity contribution in [2.24, 2.45) is 5.92 Å². The molecule has 0 bridgehead atoms. The summed E-state index contributed by atoms with van der Waals surface area (Å²) in [5.74, 6) is -3.83. The van der Waals surface area contributed by atoms with Crippen molar-refractivity contribution >= 4 is 17.6 Å². The first-order valence-corrected chi connectivity index (χ1v) is 12.2. The van der Waals surface area contributed by atoms with Crippen molar-refractivity contribution in [2.45, 2.75) is 31.3 Å². The minimum atomic E-state index is -1.66.